The molecule has 0 aromatic carbocycles. The van der Waals surface area contributed by atoms with E-state index in [-0.39, 0.29) is 20.5 Å². The van der Waals surface area contributed by atoms with Crippen LogP contribution in [0.25, 0.3) is 0 Å². The van der Waals surface area contributed by atoms with Crippen molar-refractivity contribution in [3.63, 3.8) is 0 Å². The van der Waals surface area contributed by atoms with Crippen LogP contribution in [0.4, 0.5) is 0 Å². The predicted octanol–water partition coefficient (Wildman–Crippen LogP) is -1.07. The van der Waals surface area contributed by atoms with Crippen LogP contribution in [0.3, 0.4) is 0 Å². The van der Waals surface area contributed by atoms with Crippen molar-refractivity contribution in [1.29, 1.82) is 5.26 Å². The van der Waals surface area contributed by atoms with E-state index in [9.17, 15) is 0 Å². The summed E-state index contributed by atoms with van der Waals surface area (Å²) >= 11 is 0. The fourth-order valence-electron chi connectivity index (χ4n) is 0. The standard InChI is InChI=1S/CH2N2.CO2.CO.CH4.O2.H2O.H2/c2*2-1-3;1-2;;1-2;;/h2H2;;;1H4;;1H2;1H. The van der Waals surface area contributed by atoms with Gasteiger partial charge in [0.1, 0.15) is 0 Å². The maximum Gasteiger partial charge on any atom is 0 e. The topological polar surface area (TPSA) is 169 Å². The maximum absolute atomic E-state index is 8.12. The van der Waals surface area contributed by atoms with Crippen LogP contribution in [0, 0.1) is 28.0 Å². The Morgan fingerprint density at radius 3 is 1.33 bits per heavy atom. The summed E-state index contributed by atoms with van der Waals surface area (Å²) in [4.78, 5) is 30.2. The third-order valence-electron chi connectivity index (χ3n) is 0. The van der Waals surface area contributed by atoms with Gasteiger partial charge in [-0.1, -0.05) is 7.43 Å². The van der Waals surface area contributed by atoms with Gasteiger partial charge in [0.2, 0.25) is 0 Å². The van der Waals surface area contributed by atoms with E-state index < -0.39 is 0 Å². The molecule has 12 heavy (non-hydrogen) atoms. The van der Waals surface area contributed by atoms with Gasteiger partial charge in [0, 0.05) is 11.4 Å². The molecule has 0 atom stereocenters. The first-order valence-corrected chi connectivity index (χ1v) is 1.29. The van der Waals surface area contributed by atoms with Gasteiger partial charge in [0.25, 0.3) is 0 Å². The molecule has 0 saturated carbocycles. The van der Waals surface area contributed by atoms with Crippen LogP contribution in [0.2, 0.25) is 0 Å². The molecule has 8 heteroatoms. The van der Waals surface area contributed by atoms with E-state index in [2.05, 4.69) is 12.4 Å². The average molecular weight is 182 g/mol. The molecule has 0 rings (SSSR count). The minimum atomic E-state index is 0. The van der Waals surface area contributed by atoms with Gasteiger partial charge in [-0.25, -0.2) is 0 Å². The van der Waals surface area contributed by atoms with Crippen molar-refractivity contribution in [2.75, 3.05) is 0 Å². The molecule has 0 aromatic rings. The fraction of sp³-hybridized carbons (Fsp3) is 0.250. The zero-order valence-electron chi connectivity index (χ0n) is 5.07. The second kappa shape index (κ2) is 633000. The van der Waals surface area contributed by atoms with E-state index in [1.807, 2.05) is 0 Å². The van der Waals surface area contributed by atoms with E-state index >= 15 is 0 Å². The van der Waals surface area contributed by atoms with Gasteiger partial charge in [0.15, 0.2) is 6.19 Å². The largest absolute Gasteiger partial charge is 0 e. The summed E-state index contributed by atoms with van der Waals surface area (Å²) in [5.41, 5.74) is 4.15. The first-order valence-electron chi connectivity index (χ1n) is 1.29. The Bertz CT molecular complexity index is 126. The Hall–Kier alpha value is -2.03. The molecule has 0 unspecified atom stereocenters. The third kappa shape index (κ3) is 94.0. The number of hydrogen-bond donors (Lipinski definition) is 1. The Morgan fingerprint density at radius 2 is 1.33 bits per heavy atom. The summed E-state index contributed by atoms with van der Waals surface area (Å²) in [6, 6.07) is 0. The van der Waals surface area contributed by atoms with Crippen molar-refractivity contribution >= 4 is 6.15 Å². The Labute approximate surface area is 69.7 Å². The molecule has 0 fully saturated rings. The van der Waals surface area contributed by atoms with Crippen LogP contribution in [0.5, 0.6) is 0 Å². The summed E-state index contributed by atoms with van der Waals surface area (Å²) < 4.78 is 7.50. The van der Waals surface area contributed by atoms with Gasteiger partial charge in [-0.15, -0.1) is 0 Å². The zero-order valence-corrected chi connectivity index (χ0v) is 5.07. The average Bonchev–Trinajstić information content (AvgIpc) is 1.99. The number of carbonyl (C=O) groups excluding carboxylic acids is 2. The zero-order chi connectivity index (χ0) is 9.41. The monoisotopic (exact) mass is 182 g/mol. The summed E-state index contributed by atoms with van der Waals surface area (Å²) in [5.74, 6) is 0. The van der Waals surface area contributed by atoms with Gasteiger partial charge in [0.05, 0.1) is 0 Å². The molecule has 0 aromatic heterocycles. The van der Waals surface area contributed by atoms with Crippen LogP contribution >= 0.6 is 0 Å². The van der Waals surface area contributed by atoms with Crippen LogP contribution in [0.15, 0.2) is 0 Å². The SMILES string of the molecule is C.N#CN.O.O=C=O.O=O.[C-]#[O+].[HH]. The quantitative estimate of drug-likeness (QED) is 0.216. The molecule has 0 heterocycles. The van der Waals surface area contributed by atoms with E-state index in [0.717, 1.165) is 0 Å². The summed E-state index contributed by atoms with van der Waals surface area (Å²) in [5, 5.41) is 7.10. The normalized spacial score (nSPS) is 1.75. The molecular formula is C4H10N2O6. The Morgan fingerprint density at radius 1 is 1.33 bits per heavy atom. The van der Waals surface area contributed by atoms with Crippen molar-refractivity contribution in [1.82, 2.24) is 0 Å². The number of rotatable bonds is 0. The van der Waals surface area contributed by atoms with Gasteiger partial charge in [-0.2, -0.15) is 14.9 Å². The fourth-order valence-corrected chi connectivity index (χ4v) is 0. The molecule has 8 nitrogen and oxygen atoms in total. The van der Waals surface area contributed by atoms with Crippen molar-refractivity contribution in [2.45, 2.75) is 7.43 Å². The van der Waals surface area contributed by atoms with Crippen molar-refractivity contribution < 1.29 is 21.1 Å². The van der Waals surface area contributed by atoms with Crippen molar-refractivity contribution in [2.24, 2.45) is 5.73 Å². The third-order valence-corrected chi connectivity index (χ3v) is 0. The first-order chi connectivity index (χ1) is 4.83. The molecule has 0 amide bonds. The minimum Gasteiger partial charge on any atom is 0 e. The maximum atomic E-state index is 8.12. The Kier molecular flexibility index (Phi) is 2690000. The van der Waals surface area contributed by atoms with E-state index in [1.54, 1.807) is 0 Å². The molecule has 0 saturated heterocycles. The number of nitrogens with zero attached hydrogens (tertiary/aromatic N) is 1. The van der Waals surface area contributed by atoms with E-state index in [1.165, 1.54) is 6.19 Å². The molecule has 0 radical (unpaired) electrons. The van der Waals surface area contributed by atoms with Gasteiger partial charge in [-0.05, 0) is 0 Å². The van der Waals surface area contributed by atoms with Gasteiger partial charge < -0.3 is 11.2 Å². The van der Waals surface area contributed by atoms with Gasteiger partial charge in [-0.3, -0.25) is 0 Å². The van der Waals surface area contributed by atoms with Crippen LogP contribution in [-0.4, -0.2) is 11.6 Å². The second-order valence-corrected chi connectivity index (χ2v) is 0.212. The molecule has 0 spiro atoms. The number of nitriles is 1. The summed E-state index contributed by atoms with van der Waals surface area (Å²) in [6.07, 6.45) is 1.50. The van der Waals surface area contributed by atoms with Crippen LogP contribution in [0.1, 0.15) is 8.85 Å². The first kappa shape index (κ1) is 50.9. The summed E-state index contributed by atoms with van der Waals surface area (Å²) in [7, 11) is 0. The molecule has 4 N–H and O–H groups in total. The smallest absolute Gasteiger partial charge is 0 e. The minimum absolute atomic E-state index is 0. The van der Waals surface area contributed by atoms with Crippen molar-refractivity contribution in [3.8, 4) is 6.19 Å². The molecule has 72 valence electrons. The van der Waals surface area contributed by atoms with Crippen molar-refractivity contribution in [3.05, 3.63) is 16.6 Å². The predicted molar refractivity (Wildman–Crippen MR) is 37.9 cm³/mol. The summed E-state index contributed by atoms with van der Waals surface area (Å²) in [6.45, 7) is 4.50. The van der Waals surface area contributed by atoms with Crippen LogP contribution in [-0.2, 0) is 14.2 Å². The Balaban J connectivity index is -0.00000000698. The number of nitrogens with two attached hydrogens (primary N) is 1. The molecular weight excluding hydrogens is 172 g/mol. The second-order valence-electron chi connectivity index (χ2n) is 0.212. The number of hydrogen-bond acceptors (Lipinski definition) is 6. The molecule has 0 aliphatic carbocycles. The molecule has 0 aliphatic rings. The molecule has 0 aliphatic heterocycles. The van der Waals surface area contributed by atoms with Gasteiger partial charge >= 0.3 is 17.5 Å². The van der Waals surface area contributed by atoms with E-state index in [4.69, 9.17) is 29.4 Å². The van der Waals surface area contributed by atoms with Crippen LogP contribution < -0.4 is 5.73 Å². The van der Waals surface area contributed by atoms with E-state index in [0.29, 0.717) is 0 Å². The molecule has 0 bridgehead atoms.